The highest BCUT2D eigenvalue weighted by atomic mass is 32.1. The van der Waals surface area contributed by atoms with E-state index < -0.39 is 6.10 Å². The number of thiophene rings is 1. The first-order valence-corrected chi connectivity index (χ1v) is 9.11. The van der Waals surface area contributed by atoms with Crippen LogP contribution in [0, 0.1) is 0 Å². The Bertz CT molecular complexity index is 855. The minimum absolute atomic E-state index is 0.0928. The van der Waals surface area contributed by atoms with Crippen molar-refractivity contribution in [3.63, 3.8) is 0 Å². The molecule has 0 saturated heterocycles. The van der Waals surface area contributed by atoms with E-state index in [1.807, 2.05) is 43.5 Å². The standard InChI is InChI=1S/C20H21NO3S/c1-13(2)24-15-9-7-14(8-10-15)20(23)21-11-18(22)17-12-25-19-6-4-3-5-16(17)19/h3-10,12-13,18,22H,11H2,1-2H3,(H,21,23). The molecule has 130 valence electrons. The summed E-state index contributed by atoms with van der Waals surface area (Å²) in [7, 11) is 0. The van der Waals surface area contributed by atoms with Crippen molar-refractivity contribution in [1.29, 1.82) is 0 Å². The van der Waals surface area contributed by atoms with E-state index in [4.69, 9.17) is 4.74 Å². The maximum absolute atomic E-state index is 12.3. The van der Waals surface area contributed by atoms with Gasteiger partial charge in [-0.15, -0.1) is 11.3 Å². The number of carbonyl (C=O) groups excluding carboxylic acids is 1. The van der Waals surface area contributed by atoms with Crippen LogP contribution in [-0.2, 0) is 0 Å². The molecule has 0 aliphatic rings. The smallest absolute Gasteiger partial charge is 0.251 e. The third kappa shape index (κ3) is 4.18. The minimum atomic E-state index is -0.733. The van der Waals surface area contributed by atoms with Gasteiger partial charge in [-0.1, -0.05) is 18.2 Å². The summed E-state index contributed by atoms with van der Waals surface area (Å²) < 4.78 is 6.69. The quantitative estimate of drug-likeness (QED) is 0.698. The van der Waals surface area contributed by atoms with Crippen LogP contribution in [-0.4, -0.2) is 23.7 Å². The van der Waals surface area contributed by atoms with Crippen molar-refractivity contribution in [2.24, 2.45) is 0 Å². The van der Waals surface area contributed by atoms with Crippen molar-refractivity contribution in [1.82, 2.24) is 5.32 Å². The molecule has 25 heavy (non-hydrogen) atoms. The average Bonchev–Trinajstić information content (AvgIpc) is 3.03. The molecule has 1 aromatic heterocycles. The molecule has 4 nitrogen and oxygen atoms in total. The molecule has 1 amide bonds. The summed E-state index contributed by atoms with van der Waals surface area (Å²) in [5.74, 6) is 0.519. The van der Waals surface area contributed by atoms with Crippen LogP contribution in [0.4, 0.5) is 0 Å². The lowest BCUT2D eigenvalue weighted by Gasteiger charge is -2.12. The highest BCUT2D eigenvalue weighted by molar-refractivity contribution is 7.17. The molecule has 1 unspecified atom stereocenters. The van der Waals surface area contributed by atoms with Gasteiger partial charge in [0.15, 0.2) is 0 Å². The van der Waals surface area contributed by atoms with Gasteiger partial charge in [0.25, 0.3) is 5.91 Å². The van der Waals surface area contributed by atoms with Gasteiger partial charge in [0, 0.05) is 22.4 Å². The number of aliphatic hydroxyl groups excluding tert-OH is 1. The van der Waals surface area contributed by atoms with Crippen LogP contribution in [0.3, 0.4) is 0 Å². The number of hydrogen-bond acceptors (Lipinski definition) is 4. The number of hydrogen-bond donors (Lipinski definition) is 2. The van der Waals surface area contributed by atoms with Gasteiger partial charge in [-0.2, -0.15) is 0 Å². The fraction of sp³-hybridized carbons (Fsp3) is 0.250. The van der Waals surface area contributed by atoms with Crippen molar-refractivity contribution in [2.75, 3.05) is 6.54 Å². The number of amides is 1. The van der Waals surface area contributed by atoms with Crippen LogP contribution in [0.2, 0.25) is 0 Å². The molecular formula is C20H21NO3S. The Morgan fingerprint density at radius 1 is 1.16 bits per heavy atom. The molecule has 1 heterocycles. The predicted octanol–water partition coefficient (Wildman–Crippen LogP) is 4.15. The van der Waals surface area contributed by atoms with E-state index >= 15 is 0 Å². The van der Waals surface area contributed by atoms with E-state index in [1.165, 1.54) is 0 Å². The van der Waals surface area contributed by atoms with Gasteiger partial charge in [0.1, 0.15) is 5.75 Å². The topological polar surface area (TPSA) is 58.6 Å². The minimum Gasteiger partial charge on any atom is -0.491 e. The SMILES string of the molecule is CC(C)Oc1ccc(C(=O)NCC(O)c2csc3ccccc23)cc1. The Balaban J connectivity index is 1.61. The third-order valence-electron chi connectivity index (χ3n) is 3.81. The number of aliphatic hydroxyl groups is 1. The number of ether oxygens (including phenoxy) is 1. The Labute approximate surface area is 151 Å². The number of benzene rings is 2. The Hall–Kier alpha value is -2.37. The molecule has 3 aromatic rings. The van der Waals surface area contributed by atoms with E-state index in [2.05, 4.69) is 5.32 Å². The van der Waals surface area contributed by atoms with Gasteiger partial charge >= 0.3 is 0 Å². The zero-order chi connectivity index (χ0) is 17.8. The summed E-state index contributed by atoms with van der Waals surface area (Å²) in [6.07, 6.45) is -0.640. The van der Waals surface area contributed by atoms with Crippen molar-refractivity contribution in [3.8, 4) is 5.75 Å². The zero-order valence-corrected chi connectivity index (χ0v) is 15.0. The number of carbonyl (C=O) groups is 1. The van der Waals surface area contributed by atoms with Crippen molar-refractivity contribution in [3.05, 3.63) is 65.0 Å². The first kappa shape index (κ1) is 17.5. The number of rotatable bonds is 6. The molecule has 0 saturated carbocycles. The molecule has 0 aliphatic carbocycles. The van der Waals surface area contributed by atoms with E-state index in [0.717, 1.165) is 21.4 Å². The predicted molar refractivity (Wildman–Crippen MR) is 101 cm³/mol. The van der Waals surface area contributed by atoms with Gasteiger partial charge < -0.3 is 15.2 Å². The molecule has 2 aromatic carbocycles. The van der Waals surface area contributed by atoms with Crippen LogP contribution < -0.4 is 10.1 Å². The summed E-state index contributed by atoms with van der Waals surface area (Å²) in [6, 6.07) is 14.9. The van der Waals surface area contributed by atoms with Crippen LogP contribution >= 0.6 is 11.3 Å². The average molecular weight is 355 g/mol. The molecule has 0 aliphatic heterocycles. The molecule has 0 fully saturated rings. The zero-order valence-electron chi connectivity index (χ0n) is 14.2. The summed E-state index contributed by atoms with van der Waals surface area (Å²) in [5.41, 5.74) is 1.39. The van der Waals surface area contributed by atoms with Crippen molar-refractivity contribution < 1.29 is 14.6 Å². The van der Waals surface area contributed by atoms with E-state index in [0.29, 0.717) is 5.56 Å². The first-order valence-electron chi connectivity index (χ1n) is 8.23. The molecule has 0 radical (unpaired) electrons. The largest absolute Gasteiger partial charge is 0.491 e. The summed E-state index contributed by atoms with van der Waals surface area (Å²) in [4.78, 5) is 12.3. The second-order valence-electron chi connectivity index (χ2n) is 6.10. The molecule has 0 bridgehead atoms. The Kier molecular flexibility index (Phi) is 5.36. The van der Waals surface area contributed by atoms with Gasteiger partial charge in [0.05, 0.1) is 12.2 Å². The Morgan fingerprint density at radius 3 is 2.60 bits per heavy atom. The van der Waals surface area contributed by atoms with E-state index in [9.17, 15) is 9.90 Å². The maximum atomic E-state index is 12.3. The van der Waals surface area contributed by atoms with E-state index in [1.54, 1.807) is 35.6 Å². The maximum Gasteiger partial charge on any atom is 0.251 e. The monoisotopic (exact) mass is 355 g/mol. The first-order chi connectivity index (χ1) is 12.0. The lowest BCUT2D eigenvalue weighted by atomic mass is 10.1. The van der Waals surface area contributed by atoms with Gasteiger partial charge in [-0.05, 0) is 54.9 Å². The molecule has 0 spiro atoms. The second-order valence-corrected chi connectivity index (χ2v) is 7.02. The van der Waals surface area contributed by atoms with Gasteiger partial charge in [0.2, 0.25) is 0 Å². The van der Waals surface area contributed by atoms with Gasteiger partial charge in [-0.3, -0.25) is 4.79 Å². The highest BCUT2D eigenvalue weighted by Gasteiger charge is 2.15. The van der Waals surface area contributed by atoms with Crippen molar-refractivity contribution in [2.45, 2.75) is 26.1 Å². The summed E-state index contributed by atoms with van der Waals surface area (Å²) >= 11 is 1.59. The van der Waals surface area contributed by atoms with Crippen LogP contribution in [0.25, 0.3) is 10.1 Å². The summed E-state index contributed by atoms with van der Waals surface area (Å²) in [5, 5.41) is 16.2. The summed E-state index contributed by atoms with van der Waals surface area (Å²) in [6.45, 7) is 4.08. The Morgan fingerprint density at radius 2 is 1.88 bits per heavy atom. The van der Waals surface area contributed by atoms with E-state index in [-0.39, 0.29) is 18.6 Å². The van der Waals surface area contributed by atoms with Crippen molar-refractivity contribution >= 4 is 27.3 Å². The molecule has 3 rings (SSSR count). The van der Waals surface area contributed by atoms with Crippen LogP contribution in [0.5, 0.6) is 5.75 Å². The lowest BCUT2D eigenvalue weighted by molar-refractivity contribution is 0.0917. The fourth-order valence-electron chi connectivity index (χ4n) is 2.61. The molecule has 5 heteroatoms. The third-order valence-corrected chi connectivity index (χ3v) is 4.80. The molecule has 2 N–H and O–H groups in total. The number of fused-ring (bicyclic) bond motifs is 1. The second kappa shape index (κ2) is 7.68. The normalized spacial score (nSPS) is 12.3. The fourth-order valence-corrected chi connectivity index (χ4v) is 3.62. The highest BCUT2D eigenvalue weighted by Crippen LogP contribution is 2.29. The molecular weight excluding hydrogens is 334 g/mol. The van der Waals surface area contributed by atoms with Crippen LogP contribution in [0.1, 0.15) is 35.9 Å². The van der Waals surface area contributed by atoms with Gasteiger partial charge in [-0.25, -0.2) is 0 Å². The number of nitrogens with one attached hydrogen (secondary N) is 1. The lowest BCUT2D eigenvalue weighted by Crippen LogP contribution is -2.28. The molecule has 1 atom stereocenters. The van der Waals surface area contributed by atoms with Crippen LogP contribution in [0.15, 0.2) is 53.9 Å².